The molecule has 46 heavy (non-hydrogen) atoms. The molecule has 0 saturated carbocycles. The van der Waals surface area contributed by atoms with Gasteiger partial charge in [-0.2, -0.15) is 0 Å². The molecule has 2 atom stereocenters. The molecule has 0 heterocycles. The summed E-state index contributed by atoms with van der Waals surface area (Å²) in [7, 11) is -4.31. The molecular formula is C35H36BrCl2N3O4S. The van der Waals surface area contributed by atoms with Crippen LogP contribution in [-0.4, -0.2) is 43.8 Å². The normalized spacial score (nSPS) is 12.7. The van der Waals surface area contributed by atoms with Crippen LogP contribution in [0.15, 0.2) is 106 Å². The summed E-state index contributed by atoms with van der Waals surface area (Å²) in [6.07, 6.45) is 0.907. The van der Waals surface area contributed by atoms with Crippen LogP contribution >= 0.6 is 39.1 Å². The summed E-state index contributed by atoms with van der Waals surface area (Å²) in [6, 6.07) is 26.7. The Kier molecular flexibility index (Phi) is 12.3. The molecule has 0 saturated heterocycles. The molecule has 242 valence electrons. The Bertz CT molecular complexity index is 1770. The maximum absolute atomic E-state index is 14.6. The number of amides is 2. The van der Waals surface area contributed by atoms with Gasteiger partial charge in [-0.1, -0.05) is 112 Å². The largest absolute Gasteiger partial charge is 0.352 e. The first-order chi connectivity index (χ1) is 21.9. The van der Waals surface area contributed by atoms with E-state index < -0.39 is 28.5 Å². The molecule has 0 aromatic heterocycles. The first kappa shape index (κ1) is 35.5. The Hall–Kier alpha value is -3.37. The van der Waals surface area contributed by atoms with Crippen LogP contribution in [0, 0.1) is 6.92 Å². The molecule has 0 aliphatic carbocycles. The number of hydrogen-bond acceptors (Lipinski definition) is 4. The fourth-order valence-corrected chi connectivity index (χ4v) is 7.18. The van der Waals surface area contributed by atoms with Crippen molar-refractivity contribution in [3.05, 3.63) is 128 Å². The number of carbonyl (C=O) groups excluding carboxylic acids is 2. The predicted octanol–water partition coefficient (Wildman–Crippen LogP) is 7.81. The van der Waals surface area contributed by atoms with E-state index >= 15 is 0 Å². The van der Waals surface area contributed by atoms with Crippen molar-refractivity contribution in [3.8, 4) is 0 Å². The fourth-order valence-electron chi connectivity index (χ4n) is 4.86. The van der Waals surface area contributed by atoms with Gasteiger partial charge in [0.25, 0.3) is 10.0 Å². The van der Waals surface area contributed by atoms with Crippen molar-refractivity contribution in [1.29, 1.82) is 0 Å². The average molecular weight is 746 g/mol. The van der Waals surface area contributed by atoms with Gasteiger partial charge in [-0.15, -0.1) is 0 Å². The van der Waals surface area contributed by atoms with Crippen LogP contribution in [0.3, 0.4) is 0 Å². The third kappa shape index (κ3) is 8.91. The van der Waals surface area contributed by atoms with E-state index in [1.807, 2.05) is 75.4 Å². The number of hydrogen-bond donors (Lipinski definition) is 1. The summed E-state index contributed by atoms with van der Waals surface area (Å²) in [5, 5.41) is 3.16. The van der Waals surface area contributed by atoms with Gasteiger partial charge in [0.2, 0.25) is 11.8 Å². The van der Waals surface area contributed by atoms with Crippen molar-refractivity contribution in [1.82, 2.24) is 10.2 Å². The van der Waals surface area contributed by atoms with Gasteiger partial charge in [-0.3, -0.25) is 13.9 Å². The van der Waals surface area contributed by atoms with E-state index in [0.717, 1.165) is 25.5 Å². The number of anilines is 1. The predicted molar refractivity (Wildman–Crippen MR) is 189 cm³/mol. The third-order valence-electron chi connectivity index (χ3n) is 7.60. The average Bonchev–Trinajstić information content (AvgIpc) is 3.03. The molecule has 4 aromatic rings. The van der Waals surface area contributed by atoms with Gasteiger partial charge in [-0.05, 0) is 67.8 Å². The summed E-state index contributed by atoms with van der Waals surface area (Å²) in [4.78, 5) is 30.0. The van der Waals surface area contributed by atoms with E-state index in [2.05, 4.69) is 21.2 Å². The van der Waals surface area contributed by atoms with Gasteiger partial charge in [0.15, 0.2) is 0 Å². The monoisotopic (exact) mass is 743 g/mol. The second kappa shape index (κ2) is 16.0. The highest BCUT2D eigenvalue weighted by Crippen LogP contribution is 2.35. The van der Waals surface area contributed by atoms with E-state index in [0.29, 0.717) is 6.42 Å². The summed E-state index contributed by atoms with van der Waals surface area (Å²) in [6.45, 7) is 5.12. The molecule has 11 heteroatoms. The highest BCUT2D eigenvalue weighted by molar-refractivity contribution is 9.10. The van der Waals surface area contributed by atoms with Crippen molar-refractivity contribution in [2.24, 2.45) is 0 Å². The lowest BCUT2D eigenvalue weighted by Gasteiger charge is -2.34. The lowest BCUT2D eigenvalue weighted by molar-refractivity contribution is -0.140. The Labute approximate surface area is 289 Å². The SMILES string of the molecule is CCC(C)NC(=O)C(Cc1ccccc1)N(Cc1cccc(Br)c1)C(=O)CN(c1cccc(Cl)c1Cl)S(=O)(=O)c1ccc(C)cc1. The zero-order valence-electron chi connectivity index (χ0n) is 25.8. The first-order valence-electron chi connectivity index (χ1n) is 14.8. The Balaban J connectivity index is 1.84. The second-order valence-corrected chi connectivity index (χ2v) is 14.6. The highest BCUT2D eigenvalue weighted by atomic mass is 79.9. The number of carbonyl (C=O) groups is 2. The van der Waals surface area contributed by atoms with Crippen molar-refractivity contribution < 1.29 is 18.0 Å². The maximum atomic E-state index is 14.6. The van der Waals surface area contributed by atoms with Crippen LogP contribution in [0.2, 0.25) is 10.0 Å². The Morgan fingerprint density at radius 2 is 1.54 bits per heavy atom. The standard InChI is InChI=1S/C35H36BrCl2N3O4S/c1-4-25(3)39-35(43)32(21-26-10-6-5-7-11-26)40(22-27-12-8-13-28(36)20-27)33(42)23-41(31-15-9-14-30(37)34(31)38)46(44,45)29-18-16-24(2)17-19-29/h5-20,25,32H,4,21-23H2,1-3H3,(H,39,43). The number of rotatable bonds is 13. The molecule has 4 aromatic carbocycles. The molecule has 7 nitrogen and oxygen atoms in total. The van der Waals surface area contributed by atoms with E-state index in [1.165, 1.54) is 23.1 Å². The van der Waals surface area contributed by atoms with Gasteiger partial charge in [0.05, 0.1) is 20.6 Å². The van der Waals surface area contributed by atoms with E-state index in [4.69, 9.17) is 23.2 Å². The van der Waals surface area contributed by atoms with E-state index in [9.17, 15) is 18.0 Å². The lowest BCUT2D eigenvalue weighted by atomic mass is 10.0. The van der Waals surface area contributed by atoms with E-state index in [1.54, 1.807) is 24.3 Å². The number of halogens is 3. The quantitative estimate of drug-likeness (QED) is 0.151. The zero-order chi connectivity index (χ0) is 33.4. The summed E-state index contributed by atoms with van der Waals surface area (Å²) >= 11 is 16.4. The third-order valence-corrected chi connectivity index (χ3v) is 10.7. The molecule has 0 aliphatic heterocycles. The van der Waals surface area contributed by atoms with Crippen LogP contribution in [0.25, 0.3) is 0 Å². The molecule has 2 unspecified atom stereocenters. The van der Waals surface area contributed by atoms with Crippen LogP contribution in [0.1, 0.15) is 37.0 Å². The number of aryl methyl sites for hydroxylation is 1. The molecule has 0 aliphatic rings. The summed E-state index contributed by atoms with van der Waals surface area (Å²) in [5.41, 5.74) is 2.53. The van der Waals surface area contributed by atoms with Crippen LogP contribution in [0.5, 0.6) is 0 Å². The van der Waals surface area contributed by atoms with Crippen molar-refractivity contribution in [2.45, 2.75) is 57.1 Å². The summed E-state index contributed by atoms with van der Waals surface area (Å²) in [5.74, 6) is -0.929. The number of nitrogens with zero attached hydrogens (tertiary/aromatic N) is 2. The van der Waals surface area contributed by atoms with E-state index in [-0.39, 0.29) is 45.5 Å². The highest BCUT2D eigenvalue weighted by Gasteiger charge is 2.35. The minimum absolute atomic E-state index is 0.0125. The number of benzene rings is 4. The lowest BCUT2D eigenvalue weighted by Crippen LogP contribution is -2.54. The smallest absolute Gasteiger partial charge is 0.264 e. The van der Waals surface area contributed by atoms with Gasteiger partial charge in [0.1, 0.15) is 12.6 Å². The molecule has 0 bridgehead atoms. The molecule has 0 fully saturated rings. The minimum Gasteiger partial charge on any atom is -0.352 e. The summed E-state index contributed by atoms with van der Waals surface area (Å²) < 4.78 is 30.2. The number of nitrogens with one attached hydrogen (secondary N) is 1. The minimum atomic E-state index is -4.31. The second-order valence-electron chi connectivity index (χ2n) is 11.1. The molecule has 1 N–H and O–H groups in total. The molecule has 2 amide bonds. The van der Waals surface area contributed by atoms with Crippen LogP contribution in [-0.2, 0) is 32.6 Å². The van der Waals surface area contributed by atoms with Crippen LogP contribution in [0.4, 0.5) is 5.69 Å². The van der Waals surface area contributed by atoms with Crippen LogP contribution < -0.4 is 9.62 Å². The Morgan fingerprint density at radius 1 is 0.891 bits per heavy atom. The topological polar surface area (TPSA) is 86.8 Å². The molecular weight excluding hydrogens is 709 g/mol. The zero-order valence-corrected chi connectivity index (χ0v) is 29.7. The fraction of sp³-hybridized carbons (Fsp3) is 0.257. The first-order valence-corrected chi connectivity index (χ1v) is 17.8. The maximum Gasteiger partial charge on any atom is 0.264 e. The van der Waals surface area contributed by atoms with Gasteiger partial charge in [-0.25, -0.2) is 8.42 Å². The number of sulfonamides is 1. The van der Waals surface area contributed by atoms with Gasteiger partial charge < -0.3 is 10.2 Å². The molecule has 4 rings (SSSR count). The Morgan fingerprint density at radius 3 is 2.20 bits per heavy atom. The molecule has 0 spiro atoms. The van der Waals surface area contributed by atoms with Crippen molar-refractivity contribution in [3.63, 3.8) is 0 Å². The molecule has 0 radical (unpaired) electrons. The van der Waals surface area contributed by atoms with Crippen molar-refractivity contribution >= 4 is 66.7 Å². The van der Waals surface area contributed by atoms with Gasteiger partial charge in [0, 0.05) is 23.5 Å². The van der Waals surface area contributed by atoms with Crippen molar-refractivity contribution in [2.75, 3.05) is 10.8 Å². The van der Waals surface area contributed by atoms with Gasteiger partial charge >= 0.3 is 0 Å².